The molecule has 1 heterocycles. The Kier molecular flexibility index (Phi) is 7.18. The minimum Gasteiger partial charge on any atom is -0.475 e. The first-order valence-electron chi connectivity index (χ1n) is 8.41. The van der Waals surface area contributed by atoms with Crippen LogP contribution in [0.2, 0.25) is 5.02 Å². The van der Waals surface area contributed by atoms with E-state index in [-0.39, 0.29) is 11.3 Å². The Balaban J connectivity index is 2.46. The largest absolute Gasteiger partial charge is 0.475 e. The first kappa shape index (κ1) is 23.4. The van der Waals surface area contributed by atoms with Crippen LogP contribution in [0.1, 0.15) is 31.9 Å². The van der Waals surface area contributed by atoms with E-state index in [9.17, 15) is 18.0 Å². The van der Waals surface area contributed by atoms with Crippen LogP contribution in [0.3, 0.4) is 0 Å². The van der Waals surface area contributed by atoms with Crippen molar-refractivity contribution in [2.24, 2.45) is 0 Å². The highest BCUT2D eigenvalue weighted by Gasteiger charge is 2.49. The van der Waals surface area contributed by atoms with Crippen LogP contribution in [0, 0.1) is 0 Å². The van der Waals surface area contributed by atoms with E-state index in [0.717, 1.165) is 6.08 Å². The first-order chi connectivity index (χ1) is 13.4. The first-order valence-corrected chi connectivity index (χ1v) is 8.79. The molecular weight excluding hydrogens is 421 g/mol. The highest BCUT2D eigenvalue weighted by atomic mass is 35.5. The van der Waals surface area contributed by atoms with Gasteiger partial charge in [-0.1, -0.05) is 32.4 Å². The van der Waals surface area contributed by atoms with Crippen molar-refractivity contribution in [2.45, 2.75) is 44.6 Å². The van der Waals surface area contributed by atoms with Crippen molar-refractivity contribution < 1.29 is 47.7 Å². The molecule has 0 saturated heterocycles. The lowest BCUT2D eigenvalue weighted by Crippen LogP contribution is -2.42. The molecule has 0 unspecified atom stereocenters. The van der Waals surface area contributed by atoms with Gasteiger partial charge < -0.3 is 9.47 Å². The zero-order valence-corrected chi connectivity index (χ0v) is 16.5. The zero-order chi connectivity index (χ0) is 22.0. The average Bonchev–Trinajstić information content (AvgIpc) is 2.58. The van der Waals surface area contributed by atoms with Gasteiger partial charge in [-0.25, -0.2) is 14.6 Å². The number of ether oxygens (including phenoxy) is 2. The summed E-state index contributed by atoms with van der Waals surface area (Å²) < 4.78 is 50.6. The van der Waals surface area contributed by atoms with Crippen LogP contribution in [-0.2, 0) is 24.7 Å². The smallest absolute Gasteiger partial charge is 0.430 e. The van der Waals surface area contributed by atoms with Gasteiger partial charge in [0.1, 0.15) is 19.0 Å². The number of alkyl halides is 3. The molecule has 0 spiro atoms. The van der Waals surface area contributed by atoms with E-state index >= 15 is 0 Å². The van der Waals surface area contributed by atoms with Gasteiger partial charge in [0.05, 0.1) is 5.57 Å². The number of hydrogen-bond acceptors (Lipinski definition) is 7. The highest BCUT2D eigenvalue weighted by molar-refractivity contribution is 6.31. The van der Waals surface area contributed by atoms with Gasteiger partial charge in [-0.3, -0.25) is 10.5 Å². The van der Waals surface area contributed by atoms with Gasteiger partial charge in [0, 0.05) is 10.6 Å². The maximum Gasteiger partial charge on any atom is 0.430 e. The molecule has 0 amide bonds. The molecule has 1 aliphatic heterocycles. The van der Waals surface area contributed by atoms with Gasteiger partial charge in [-0.2, -0.15) is 13.2 Å². The molecule has 1 aliphatic rings. The lowest BCUT2D eigenvalue weighted by Gasteiger charge is -2.30. The third-order valence-corrected chi connectivity index (χ3v) is 4.39. The third-order valence-electron chi connectivity index (χ3n) is 4.07. The fourth-order valence-electron chi connectivity index (χ4n) is 2.70. The molecule has 0 aromatic heterocycles. The number of esters is 1. The van der Waals surface area contributed by atoms with E-state index in [4.69, 9.17) is 31.6 Å². The summed E-state index contributed by atoms with van der Waals surface area (Å²) >= 11 is 6.25. The van der Waals surface area contributed by atoms with Crippen molar-refractivity contribution in [2.75, 3.05) is 13.2 Å². The summed E-state index contributed by atoms with van der Waals surface area (Å²) in [7, 11) is 0. The van der Waals surface area contributed by atoms with Gasteiger partial charge >= 0.3 is 12.1 Å². The second-order valence-corrected chi connectivity index (χ2v) is 7.79. The van der Waals surface area contributed by atoms with Gasteiger partial charge in [0.2, 0.25) is 6.10 Å². The second kappa shape index (κ2) is 8.88. The molecule has 0 aliphatic carbocycles. The van der Waals surface area contributed by atoms with Crippen LogP contribution < -0.4 is 4.74 Å². The summed E-state index contributed by atoms with van der Waals surface area (Å²) in [5.74, 6) is -1.46. The van der Waals surface area contributed by atoms with Crippen molar-refractivity contribution >= 4 is 23.6 Å². The molecule has 0 fully saturated rings. The number of rotatable bonds is 6. The normalized spacial score (nSPS) is 16.9. The van der Waals surface area contributed by atoms with Gasteiger partial charge in [0.25, 0.3) is 0 Å². The molecule has 0 radical (unpaired) electrons. The van der Waals surface area contributed by atoms with E-state index in [1.807, 2.05) is 20.8 Å². The predicted molar refractivity (Wildman–Crippen MR) is 95.6 cm³/mol. The molecule has 1 atom stereocenters. The Labute approximate surface area is 169 Å². The van der Waals surface area contributed by atoms with Crippen LogP contribution in [-0.4, -0.2) is 48.1 Å². The van der Waals surface area contributed by atoms with Crippen molar-refractivity contribution in [1.82, 2.24) is 0 Å². The lowest BCUT2D eigenvalue weighted by atomic mass is 9.85. The van der Waals surface area contributed by atoms with Crippen molar-refractivity contribution in [3.63, 3.8) is 0 Å². The van der Waals surface area contributed by atoms with Crippen LogP contribution in [0.25, 0.3) is 6.08 Å². The molecule has 2 N–H and O–H groups in total. The number of carbonyl (C=O) groups excluding carboxylic acids is 1. The Morgan fingerprint density at radius 1 is 1.21 bits per heavy atom. The summed E-state index contributed by atoms with van der Waals surface area (Å²) in [6.07, 6.45) is -7.88. The molecule has 162 valence electrons. The molecule has 2 rings (SSSR count). The second-order valence-electron chi connectivity index (χ2n) is 7.38. The lowest BCUT2D eigenvalue weighted by molar-refractivity contribution is -0.291. The van der Waals surface area contributed by atoms with Crippen LogP contribution in [0.4, 0.5) is 13.2 Å². The predicted octanol–water partition coefficient (Wildman–Crippen LogP) is 4.24. The summed E-state index contributed by atoms with van der Waals surface area (Å²) in [5, 5.41) is 17.2. The third kappa shape index (κ3) is 5.61. The van der Waals surface area contributed by atoms with Crippen LogP contribution in [0.15, 0.2) is 17.7 Å². The monoisotopic (exact) mass is 440 g/mol. The van der Waals surface area contributed by atoms with Crippen molar-refractivity contribution in [3.8, 4) is 5.75 Å². The molecule has 0 saturated carbocycles. The van der Waals surface area contributed by atoms with Gasteiger partial charge in [-0.15, -0.1) is 0 Å². The van der Waals surface area contributed by atoms with Crippen molar-refractivity contribution in [3.05, 3.63) is 33.9 Å². The number of hydrogen-bond donors (Lipinski definition) is 2. The van der Waals surface area contributed by atoms with E-state index in [1.54, 1.807) is 0 Å². The minimum atomic E-state index is -4.92. The number of benzene rings is 1. The Morgan fingerprint density at radius 3 is 2.28 bits per heavy atom. The van der Waals surface area contributed by atoms with E-state index in [0.29, 0.717) is 10.6 Å². The molecule has 29 heavy (non-hydrogen) atoms. The SMILES string of the molecule is CC(C)(C)c1cc2c(cc1Cl)C=C(C(=O)OC(COO)COO)[C@@H](C(F)(F)F)O2. The Bertz CT molecular complexity index is 781. The van der Waals surface area contributed by atoms with Gasteiger partial charge in [-0.05, 0) is 29.2 Å². The molecular formula is C18H20ClF3O7. The molecule has 7 nitrogen and oxygen atoms in total. The highest BCUT2D eigenvalue weighted by Crippen LogP contribution is 2.42. The van der Waals surface area contributed by atoms with Crippen LogP contribution >= 0.6 is 11.6 Å². The van der Waals surface area contributed by atoms with Gasteiger partial charge in [0.15, 0.2) is 6.10 Å². The average molecular weight is 441 g/mol. The Hall–Kier alpha value is -1.85. The summed E-state index contributed by atoms with van der Waals surface area (Å²) in [4.78, 5) is 20.0. The molecule has 11 heteroatoms. The number of carbonyl (C=O) groups is 1. The van der Waals surface area contributed by atoms with E-state index in [2.05, 4.69) is 9.78 Å². The topological polar surface area (TPSA) is 94.5 Å². The fourth-order valence-corrected chi connectivity index (χ4v) is 3.16. The molecule has 0 bridgehead atoms. The van der Waals surface area contributed by atoms with Crippen LogP contribution in [0.5, 0.6) is 5.75 Å². The van der Waals surface area contributed by atoms with E-state index < -0.39 is 48.6 Å². The summed E-state index contributed by atoms with van der Waals surface area (Å²) in [6, 6.07) is 2.82. The molecule has 1 aromatic rings. The molecule has 1 aromatic carbocycles. The summed E-state index contributed by atoms with van der Waals surface area (Å²) in [5.41, 5.74) is -0.527. The van der Waals surface area contributed by atoms with E-state index in [1.165, 1.54) is 12.1 Å². The summed E-state index contributed by atoms with van der Waals surface area (Å²) in [6.45, 7) is 4.27. The number of halogens is 4. The Morgan fingerprint density at radius 2 is 1.79 bits per heavy atom. The zero-order valence-electron chi connectivity index (χ0n) is 15.7. The fraction of sp³-hybridized carbons (Fsp3) is 0.500. The number of fused-ring (bicyclic) bond motifs is 1. The maximum absolute atomic E-state index is 13.6. The van der Waals surface area contributed by atoms with Crippen molar-refractivity contribution in [1.29, 1.82) is 0 Å². The quantitative estimate of drug-likeness (QED) is 0.388. The minimum absolute atomic E-state index is 0.0767. The maximum atomic E-state index is 13.6. The standard InChI is InChI=1S/C18H20ClF3O7/c1-17(2,3)12-6-14-9(5-13(12)19)4-11(15(29-14)18(20,21)22)16(23)28-10(7-26-24)8-27-25/h4-6,10,15,24-25H,7-8H2,1-3H3/t15-/m0/s1.